The number of alkyl halides is 3. The Morgan fingerprint density at radius 1 is 0.952 bits per heavy atom. The number of rotatable bonds is 1. The van der Waals surface area contributed by atoms with Crippen LogP contribution in [0.4, 0.5) is 13.2 Å². The van der Waals surface area contributed by atoms with Gasteiger partial charge in [-0.05, 0) is 35.9 Å². The number of hydrogen-bond donors (Lipinski definition) is 0. The maximum Gasteiger partial charge on any atom is 0.416 e. The second kappa shape index (κ2) is 7.92. The quantitative estimate of drug-likeness (QED) is 0.651. The summed E-state index contributed by atoms with van der Waals surface area (Å²) in [5.41, 5.74) is 0.289. The molecule has 6 heteroatoms. The Labute approximate surface area is 130 Å². The van der Waals surface area contributed by atoms with Gasteiger partial charge in [0.2, 0.25) is 0 Å². The summed E-state index contributed by atoms with van der Waals surface area (Å²) < 4.78 is 35.7. The molecule has 21 heavy (non-hydrogen) atoms. The van der Waals surface area contributed by atoms with E-state index in [-0.39, 0.29) is 5.02 Å². The maximum absolute atomic E-state index is 11.9. The zero-order chi connectivity index (χ0) is 15.9. The molecule has 0 spiro atoms. The number of benzene rings is 2. The van der Waals surface area contributed by atoms with Gasteiger partial charge in [-0.15, -0.1) is 0 Å². The van der Waals surface area contributed by atoms with Gasteiger partial charge in [-0.25, -0.2) is 0 Å². The van der Waals surface area contributed by atoms with Gasteiger partial charge in [-0.2, -0.15) is 18.4 Å². The molecule has 0 aromatic heterocycles. The summed E-state index contributed by atoms with van der Waals surface area (Å²) in [5, 5.41) is 9.11. The molecule has 0 heterocycles. The zero-order valence-corrected chi connectivity index (χ0v) is 12.2. The van der Waals surface area contributed by atoms with Gasteiger partial charge in [0.25, 0.3) is 0 Å². The second-order valence-corrected chi connectivity index (χ2v) is 4.84. The standard InChI is InChI=1S/C8H6ClN.C7H4ClF3/c9-8-3-1-7(2-4-8)5-6-10;8-6-3-1-2-5(4-6)7(9,10)11/h1-4H,5H2;1-4H. The van der Waals surface area contributed by atoms with Crippen LogP contribution < -0.4 is 0 Å². The first-order chi connectivity index (χ1) is 9.82. The molecule has 0 atom stereocenters. The van der Waals surface area contributed by atoms with E-state index in [1.807, 2.05) is 12.1 Å². The summed E-state index contributed by atoms with van der Waals surface area (Å²) in [6.45, 7) is 0. The van der Waals surface area contributed by atoms with Crippen molar-refractivity contribution >= 4 is 23.2 Å². The minimum atomic E-state index is -4.30. The molecule has 2 aromatic rings. The minimum absolute atomic E-state index is 0.0971. The molecule has 2 aromatic carbocycles. The number of nitriles is 1. The summed E-state index contributed by atoms with van der Waals surface area (Å²) in [6.07, 6.45) is -3.85. The van der Waals surface area contributed by atoms with E-state index in [4.69, 9.17) is 28.5 Å². The van der Waals surface area contributed by atoms with Crippen molar-refractivity contribution in [3.63, 3.8) is 0 Å². The monoisotopic (exact) mass is 331 g/mol. The first-order valence-electron chi connectivity index (χ1n) is 5.77. The van der Waals surface area contributed by atoms with Crippen LogP contribution in [-0.2, 0) is 12.6 Å². The summed E-state index contributed by atoms with van der Waals surface area (Å²) in [6, 6.07) is 13.9. The van der Waals surface area contributed by atoms with Gasteiger partial charge in [-0.1, -0.05) is 41.4 Å². The summed E-state index contributed by atoms with van der Waals surface area (Å²) >= 11 is 11.0. The Balaban J connectivity index is 0.000000211. The largest absolute Gasteiger partial charge is 0.416 e. The Hall–Kier alpha value is -1.70. The SMILES string of the molecule is FC(F)(F)c1cccc(Cl)c1.N#CCc1ccc(Cl)cc1. The lowest BCUT2D eigenvalue weighted by molar-refractivity contribution is -0.137. The predicted molar refractivity (Wildman–Crippen MR) is 77.2 cm³/mol. The molecule has 2 rings (SSSR count). The highest BCUT2D eigenvalue weighted by molar-refractivity contribution is 6.30. The van der Waals surface area contributed by atoms with Crippen LogP contribution in [0.25, 0.3) is 0 Å². The van der Waals surface area contributed by atoms with E-state index in [9.17, 15) is 13.2 Å². The van der Waals surface area contributed by atoms with Crippen LogP contribution in [0.5, 0.6) is 0 Å². The molecular formula is C15H10Cl2F3N. The van der Waals surface area contributed by atoms with Gasteiger partial charge in [0.15, 0.2) is 0 Å². The van der Waals surface area contributed by atoms with E-state index in [0.29, 0.717) is 11.4 Å². The van der Waals surface area contributed by atoms with Crippen LogP contribution in [0.15, 0.2) is 48.5 Å². The van der Waals surface area contributed by atoms with E-state index in [0.717, 1.165) is 17.7 Å². The highest BCUT2D eigenvalue weighted by atomic mass is 35.5. The van der Waals surface area contributed by atoms with Crippen molar-refractivity contribution in [2.75, 3.05) is 0 Å². The molecule has 0 radical (unpaired) electrons. The van der Waals surface area contributed by atoms with Crippen LogP contribution in [0.3, 0.4) is 0 Å². The molecule has 0 unspecified atom stereocenters. The van der Waals surface area contributed by atoms with Crippen molar-refractivity contribution in [1.29, 1.82) is 5.26 Å². The van der Waals surface area contributed by atoms with E-state index in [2.05, 4.69) is 6.07 Å². The first kappa shape index (κ1) is 17.4. The molecule has 0 amide bonds. The normalized spacial score (nSPS) is 10.3. The van der Waals surface area contributed by atoms with Gasteiger partial charge in [0.05, 0.1) is 18.1 Å². The topological polar surface area (TPSA) is 23.8 Å². The highest BCUT2D eigenvalue weighted by Gasteiger charge is 2.30. The molecule has 0 saturated carbocycles. The smallest absolute Gasteiger partial charge is 0.198 e. The van der Waals surface area contributed by atoms with Gasteiger partial charge < -0.3 is 0 Å². The van der Waals surface area contributed by atoms with Crippen molar-refractivity contribution in [1.82, 2.24) is 0 Å². The van der Waals surface area contributed by atoms with Crippen molar-refractivity contribution in [2.45, 2.75) is 12.6 Å². The molecular weight excluding hydrogens is 322 g/mol. The van der Waals surface area contributed by atoms with Crippen LogP contribution in [0.1, 0.15) is 11.1 Å². The second-order valence-electron chi connectivity index (χ2n) is 3.97. The summed E-state index contributed by atoms with van der Waals surface area (Å²) in [5.74, 6) is 0. The lowest BCUT2D eigenvalue weighted by atomic mass is 10.2. The van der Waals surface area contributed by atoms with Crippen LogP contribution in [0.2, 0.25) is 10.0 Å². The molecule has 0 aliphatic heterocycles. The van der Waals surface area contributed by atoms with Gasteiger partial charge in [0.1, 0.15) is 0 Å². The molecule has 0 fully saturated rings. The third-order valence-corrected chi connectivity index (χ3v) is 2.84. The Morgan fingerprint density at radius 2 is 1.57 bits per heavy atom. The van der Waals surface area contributed by atoms with Gasteiger partial charge >= 0.3 is 6.18 Å². The van der Waals surface area contributed by atoms with Gasteiger partial charge in [-0.3, -0.25) is 0 Å². The third-order valence-electron chi connectivity index (χ3n) is 2.35. The lowest BCUT2D eigenvalue weighted by Crippen LogP contribution is -2.03. The Bertz CT molecular complexity index is 616. The summed E-state index contributed by atoms with van der Waals surface area (Å²) in [4.78, 5) is 0. The van der Waals surface area contributed by atoms with Crippen LogP contribution in [-0.4, -0.2) is 0 Å². The summed E-state index contributed by atoms with van der Waals surface area (Å²) in [7, 11) is 0. The van der Waals surface area contributed by atoms with E-state index in [1.54, 1.807) is 12.1 Å². The Kier molecular flexibility index (Phi) is 6.54. The fraction of sp³-hybridized carbons (Fsp3) is 0.133. The average Bonchev–Trinajstić information content (AvgIpc) is 2.41. The maximum atomic E-state index is 11.9. The number of halogens is 5. The predicted octanol–water partition coefficient (Wildman–Crippen LogP) is 5.76. The van der Waals surface area contributed by atoms with Crippen molar-refractivity contribution in [3.8, 4) is 6.07 Å². The first-order valence-corrected chi connectivity index (χ1v) is 6.52. The molecule has 110 valence electrons. The molecule has 1 nitrogen and oxygen atoms in total. The minimum Gasteiger partial charge on any atom is -0.198 e. The van der Waals surface area contributed by atoms with Crippen molar-refractivity contribution in [3.05, 3.63) is 69.7 Å². The van der Waals surface area contributed by atoms with Gasteiger partial charge in [0, 0.05) is 10.0 Å². The van der Waals surface area contributed by atoms with Crippen molar-refractivity contribution < 1.29 is 13.2 Å². The molecule has 0 aliphatic rings. The fourth-order valence-electron chi connectivity index (χ4n) is 1.36. The third kappa shape index (κ3) is 6.52. The molecule has 0 aliphatic carbocycles. The fourth-order valence-corrected chi connectivity index (χ4v) is 1.67. The van der Waals surface area contributed by atoms with Crippen LogP contribution >= 0.6 is 23.2 Å². The van der Waals surface area contributed by atoms with E-state index in [1.165, 1.54) is 12.1 Å². The van der Waals surface area contributed by atoms with E-state index < -0.39 is 11.7 Å². The molecule has 0 saturated heterocycles. The molecule has 0 N–H and O–H groups in total. The Morgan fingerprint density at radius 3 is 2.00 bits per heavy atom. The lowest BCUT2D eigenvalue weighted by Gasteiger charge is -2.05. The van der Waals surface area contributed by atoms with E-state index >= 15 is 0 Å². The van der Waals surface area contributed by atoms with Crippen LogP contribution in [0, 0.1) is 11.3 Å². The number of nitrogens with zero attached hydrogens (tertiary/aromatic N) is 1. The molecule has 0 bridgehead atoms. The average molecular weight is 332 g/mol. The van der Waals surface area contributed by atoms with Crippen molar-refractivity contribution in [2.24, 2.45) is 0 Å². The number of hydrogen-bond acceptors (Lipinski definition) is 1. The highest BCUT2D eigenvalue weighted by Crippen LogP contribution is 2.30. The zero-order valence-electron chi connectivity index (χ0n) is 10.7.